The fourth-order valence-corrected chi connectivity index (χ4v) is 4.36. The molecule has 6 nitrogen and oxygen atoms in total. The lowest BCUT2D eigenvalue weighted by Crippen LogP contribution is -3.09. The number of methoxy groups -OCH3 is 5. The fraction of sp³-hybridized carbons (Fsp3) is 0.364. The van der Waals surface area contributed by atoms with Gasteiger partial charge in [-0.2, -0.15) is 0 Å². The van der Waals surface area contributed by atoms with Gasteiger partial charge < -0.3 is 23.7 Å². The summed E-state index contributed by atoms with van der Waals surface area (Å²) in [6.07, 6.45) is 3.13. The average molecular weight is 384 g/mol. The van der Waals surface area contributed by atoms with Gasteiger partial charge in [-0.05, 0) is 17.7 Å². The van der Waals surface area contributed by atoms with Crippen LogP contribution in [0.3, 0.4) is 0 Å². The van der Waals surface area contributed by atoms with Gasteiger partial charge in [0.15, 0.2) is 23.0 Å². The van der Waals surface area contributed by atoms with Crippen LogP contribution in [0.2, 0.25) is 0 Å². The maximum absolute atomic E-state index is 5.72. The molecule has 2 aliphatic rings. The van der Waals surface area contributed by atoms with E-state index in [1.165, 1.54) is 21.7 Å². The molecular formula is C22H26NO5+. The summed E-state index contributed by atoms with van der Waals surface area (Å²) < 4.78 is 28.0. The third kappa shape index (κ3) is 2.67. The summed E-state index contributed by atoms with van der Waals surface area (Å²) in [6.45, 7) is 1.81. The van der Waals surface area contributed by atoms with Crippen LogP contribution in [0.5, 0.6) is 28.7 Å². The summed E-state index contributed by atoms with van der Waals surface area (Å²) >= 11 is 0. The Hall–Kier alpha value is -2.86. The molecule has 1 N–H and O–H groups in total. The van der Waals surface area contributed by atoms with Crippen molar-refractivity contribution in [3.8, 4) is 28.7 Å². The maximum atomic E-state index is 5.72. The number of hydrogen-bond acceptors (Lipinski definition) is 5. The van der Waals surface area contributed by atoms with Crippen molar-refractivity contribution in [1.29, 1.82) is 0 Å². The van der Waals surface area contributed by atoms with E-state index in [-0.39, 0.29) is 0 Å². The normalized spacial score (nSPS) is 16.9. The predicted octanol–water partition coefficient (Wildman–Crippen LogP) is 2.18. The Kier molecular flexibility index (Phi) is 4.81. The van der Waals surface area contributed by atoms with Crippen molar-refractivity contribution in [1.82, 2.24) is 0 Å². The minimum absolute atomic E-state index is 0.649. The average Bonchev–Trinajstić information content (AvgIpc) is 2.74. The summed E-state index contributed by atoms with van der Waals surface area (Å²) in [6, 6.07) is 6.11. The van der Waals surface area contributed by atoms with Crippen LogP contribution < -0.4 is 28.6 Å². The van der Waals surface area contributed by atoms with Gasteiger partial charge in [0.05, 0.1) is 47.7 Å². The molecule has 0 amide bonds. The van der Waals surface area contributed by atoms with Gasteiger partial charge in [0, 0.05) is 23.6 Å². The zero-order chi connectivity index (χ0) is 19.8. The molecule has 0 spiro atoms. The van der Waals surface area contributed by atoms with Gasteiger partial charge in [0.25, 0.3) is 0 Å². The molecule has 2 aromatic rings. The molecule has 0 saturated carbocycles. The first kappa shape index (κ1) is 18.5. The number of rotatable bonds is 5. The highest BCUT2D eigenvalue weighted by atomic mass is 16.5. The van der Waals surface area contributed by atoms with Crippen LogP contribution in [0, 0.1) is 0 Å². The van der Waals surface area contributed by atoms with Crippen molar-refractivity contribution in [2.75, 3.05) is 42.1 Å². The van der Waals surface area contributed by atoms with Crippen molar-refractivity contribution in [3.63, 3.8) is 0 Å². The van der Waals surface area contributed by atoms with E-state index in [0.717, 1.165) is 47.9 Å². The van der Waals surface area contributed by atoms with E-state index in [9.17, 15) is 0 Å². The minimum Gasteiger partial charge on any atom is -0.493 e. The van der Waals surface area contributed by atoms with E-state index in [1.807, 2.05) is 6.07 Å². The van der Waals surface area contributed by atoms with Crippen LogP contribution in [-0.2, 0) is 13.0 Å². The highest BCUT2D eigenvalue weighted by Crippen LogP contribution is 2.45. The topological polar surface area (TPSA) is 50.6 Å². The molecule has 0 saturated heterocycles. The second kappa shape index (κ2) is 7.28. The quantitative estimate of drug-likeness (QED) is 0.856. The molecule has 2 aliphatic heterocycles. The van der Waals surface area contributed by atoms with Gasteiger partial charge in [-0.3, -0.25) is 4.90 Å². The van der Waals surface area contributed by atoms with Crippen molar-refractivity contribution >= 4 is 11.8 Å². The van der Waals surface area contributed by atoms with Gasteiger partial charge in [0.2, 0.25) is 5.75 Å². The molecule has 0 aliphatic carbocycles. The largest absolute Gasteiger partial charge is 0.493 e. The van der Waals surface area contributed by atoms with Crippen LogP contribution >= 0.6 is 0 Å². The predicted molar refractivity (Wildman–Crippen MR) is 107 cm³/mol. The first-order valence-corrected chi connectivity index (χ1v) is 9.29. The van der Waals surface area contributed by atoms with Crippen LogP contribution in [-0.4, -0.2) is 42.1 Å². The molecule has 4 rings (SSSR count). The first-order valence-electron chi connectivity index (χ1n) is 9.29. The van der Waals surface area contributed by atoms with Crippen molar-refractivity contribution in [2.45, 2.75) is 13.0 Å². The highest BCUT2D eigenvalue weighted by Gasteiger charge is 2.35. The van der Waals surface area contributed by atoms with E-state index in [1.54, 1.807) is 35.5 Å². The lowest BCUT2D eigenvalue weighted by Gasteiger charge is -2.33. The van der Waals surface area contributed by atoms with Gasteiger partial charge in [-0.1, -0.05) is 6.07 Å². The Labute approximate surface area is 165 Å². The molecule has 0 fully saturated rings. The van der Waals surface area contributed by atoms with Gasteiger partial charge in [-0.25, -0.2) is 0 Å². The number of nitrogens with one attached hydrogen (secondary N) is 1. The van der Waals surface area contributed by atoms with E-state index in [4.69, 9.17) is 23.7 Å². The van der Waals surface area contributed by atoms with Crippen LogP contribution in [0.4, 0.5) is 0 Å². The van der Waals surface area contributed by atoms with Gasteiger partial charge in [0.1, 0.15) is 12.2 Å². The van der Waals surface area contributed by atoms with Crippen molar-refractivity contribution in [2.24, 2.45) is 0 Å². The fourth-order valence-electron chi connectivity index (χ4n) is 4.36. The Bertz CT molecular complexity index is 951. The van der Waals surface area contributed by atoms with Gasteiger partial charge >= 0.3 is 0 Å². The maximum Gasteiger partial charge on any atom is 0.203 e. The molecule has 28 heavy (non-hydrogen) atoms. The molecule has 2 heterocycles. The van der Waals surface area contributed by atoms with Crippen LogP contribution in [0.1, 0.15) is 22.3 Å². The van der Waals surface area contributed by atoms with Crippen LogP contribution in [0.25, 0.3) is 11.8 Å². The smallest absolute Gasteiger partial charge is 0.203 e. The van der Waals surface area contributed by atoms with E-state index in [0.29, 0.717) is 11.5 Å². The number of quaternary nitrogens is 1. The Morgan fingerprint density at radius 3 is 2.11 bits per heavy atom. The van der Waals surface area contributed by atoms with E-state index >= 15 is 0 Å². The first-order chi connectivity index (χ1) is 13.7. The molecule has 1 atom stereocenters. The van der Waals surface area contributed by atoms with Crippen LogP contribution in [0.15, 0.2) is 18.2 Å². The molecule has 2 aromatic carbocycles. The SMILES string of the molecule is COc1ccc2c(c1OC)C[NH+]1CCc3c(cc(OC)c(OC)c3OC)C1=C2. The summed E-state index contributed by atoms with van der Waals surface area (Å²) in [5.41, 5.74) is 5.88. The molecule has 148 valence electrons. The Balaban J connectivity index is 1.91. The molecule has 0 radical (unpaired) electrons. The molecule has 6 heteroatoms. The van der Waals surface area contributed by atoms with E-state index < -0.39 is 0 Å². The summed E-state index contributed by atoms with van der Waals surface area (Å²) in [5, 5.41) is 0. The lowest BCUT2D eigenvalue weighted by molar-refractivity contribution is -0.841. The summed E-state index contributed by atoms with van der Waals surface area (Å²) in [4.78, 5) is 1.39. The number of hydrogen-bond donors (Lipinski definition) is 1. The third-order valence-electron chi connectivity index (χ3n) is 5.66. The van der Waals surface area contributed by atoms with Crippen molar-refractivity contribution < 1.29 is 28.6 Å². The molecular weight excluding hydrogens is 358 g/mol. The second-order valence-corrected chi connectivity index (χ2v) is 6.88. The highest BCUT2D eigenvalue weighted by molar-refractivity contribution is 5.84. The lowest BCUT2D eigenvalue weighted by atomic mass is 9.89. The Morgan fingerprint density at radius 2 is 1.46 bits per heavy atom. The Morgan fingerprint density at radius 1 is 0.750 bits per heavy atom. The minimum atomic E-state index is 0.649. The molecule has 0 bridgehead atoms. The zero-order valence-corrected chi connectivity index (χ0v) is 17.0. The molecule has 1 unspecified atom stereocenters. The summed E-state index contributed by atoms with van der Waals surface area (Å²) in [7, 11) is 8.34. The third-order valence-corrected chi connectivity index (χ3v) is 5.66. The number of benzene rings is 2. The molecule has 0 aromatic heterocycles. The summed E-state index contributed by atoms with van der Waals surface area (Å²) in [5.74, 6) is 3.67. The zero-order valence-electron chi connectivity index (χ0n) is 17.0. The number of fused-ring (bicyclic) bond motifs is 4. The second-order valence-electron chi connectivity index (χ2n) is 6.88. The standard InChI is InChI=1S/C22H25NO5/c1-24-18-7-6-13-10-17-15-11-19(25-2)22(28-5)21(27-4)14(15)8-9-23(17)12-16(13)20(18)26-3/h6-7,10-11H,8-9,12H2,1-5H3/p+1. The van der Waals surface area contributed by atoms with E-state index in [2.05, 4.69) is 18.2 Å². The number of ether oxygens (including phenoxy) is 5. The monoisotopic (exact) mass is 384 g/mol. The van der Waals surface area contributed by atoms with Crippen molar-refractivity contribution in [3.05, 3.63) is 40.5 Å². The van der Waals surface area contributed by atoms with Gasteiger partial charge in [-0.15, -0.1) is 0 Å².